The molecule has 1 aromatic heterocycles. The van der Waals surface area contributed by atoms with Crippen molar-refractivity contribution in [3.63, 3.8) is 0 Å². The van der Waals surface area contributed by atoms with E-state index >= 15 is 0 Å². The van der Waals surface area contributed by atoms with Crippen LogP contribution in [0.15, 0.2) is 23.3 Å². The second kappa shape index (κ2) is 3.01. The lowest BCUT2D eigenvalue weighted by atomic mass is 10.2. The summed E-state index contributed by atoms with van der Waals surface area (Å²) in [4.78, 5) is 14.0. The number of rotatable bonds is 1. The molecular formula is C9H13NO2. The van der Waals surface area contributed by atoms with E-state index in [1.54, 1.807) is 12.4 Å². The Labute approximate surface area is 71.4 Å². The molecular weight excluding hydrogens is 154 g/mol. The van der Waals surface area contributed by atoms with Crippen LogP contribution in [0.3, 0.4) is 0 Å². The van der Waals surface area contributed by atoms with Gasteiger partial charge in [0.15, 0.2) is 5.75 Å². The van der Waals surface area contributed by atoms with E-state index in [0.717, 1.165) is 0 Å². The maximum Gasteiger partial charge on any atom is 0.223 e. The van der Waals surface area contributed by atoms with E-state index in [1.807, 2.05) is 20.8 Å². The summed E-state index contributed by atoms with van der Waals surface area (Å²) in [6.45, 7) is 5.71. The van der Waals surface area contributed by atoms with Crippen molar-refractivity contribution in [1.82, 2.24) is 4.98 Å². The van der Waals surface area contributed by atoms with Gasteiger partial charge in [0, 0.05) is 18.5 Å². The Bertz CT molecular complexity index is 309. The number of aromatic amines is 1. The van der Waals surface area contributed by atoms with Gasteiger partial charge in [-0.2, -0.15) is 0 Å². The molecule has 1 rings (SSSR count). The molecule has 0 unspecified atom stereocenters. The summed E-state index contributed by atoms with van der Waals surface area (Å²) in [5.74, 6) is 0.366. The first-order valence-electron chi connectivity index (χ1n) is 3.85. The van der Waals surface area contributed by atoms with Gasteiger partial charge in [-0.05, 0) is 20.8 Å². The van der Waals surface area contributed by atoms with Gasteiger partial charge in [-0.25, -0.2) is 0 Å². The summed E-state index contributed by atoms with van der Waals surface area (Å²) < 4.78 is 5.39. The summed E-state index contributed by atoms with van der Waals surface area (Å²) in [7, 11) is 0. The van der Waals surface area contributed by atoms with E-state index in [9.17, 15) is 4.79 Å². The van der Waals surface area contributed by atoms with Crippen molar-refractivity contribution in [2.24, 2.45) is 0 Å². The van der Waals surface area contributed by atoms with Gasteiger partial charge in [0.2, 0.25) is 5.43 Å². The zero-order valence-corrected chi connectivity index (χ0v) is 7.55. The lowest BCUT2D eigenvalue weighted by Gasteiger charge is -2.20. The van der Waals surface area contributed by atoms with E-state index < -0.39 is 0 Å². The average Bonchev–Trinajstić information content (AvgIpc) is 1.91. The summed E-state index contributed by atoms with van der Waals surface area (Å²) in [5, 5.41) is 0. The first kappa shape index (κ1) is 8.84. The van der Waals surface area contributed by atoms with Crippen molar-refractivity contribution in [3.05, 3.63) is 28.7 Å². The quantitative estimate of drug-likeness (QED) is 0.689. The largest absolute Gasteiger partial charge is 0.483 e. The van der Waals surface area contributed by atoms with Crippen molar-refractivity contribution in [3.8, 4) is 5.75 Å². The summed E-state index contributed by atoms with van der Waals surface area (Å²) in [6, 6.07) is 1.45. The van der Waals surface area contributed by atoms with Gasteiger partial charge in [-0.3, -0.25) is 4.79 Å². The molecule has 1 aromatic rings. The Hall–Kier alpha value is -1.25. The molecule has 0 amide bonds. The molecule has 0 radical (unpaired) electrons. The third-order valence-corrected chi connectivity index (χ3v) is 1.20. The fourth-order valence-corrected chi connectivity index (χ4v) is 0.810. The van der Waals surface area contributed by atoms with Gasteiger partial charge >= 0.3 is 0 Å². The predicted octanol–water partition coefficient (Wildman–Crippen LogP) is 1.55. The van der Waals surface area contributed by atoms with E-state index in [0.29, 0.717) is 5.75 Å². The van der Waals surface area contributed by atoms with Crippen molar-refractivity contribution >= 4 is 0 Å². The van der Waals surface area contributed by atoms with Crippen LogP contribution < -0.4 is 10.2 Å². The second-order valence-corrected chi connectivity index (χ2v) is 3.59. The number of nitrogens with one attached hydrogen (secondary N) is 1. The van der Waals surface area contributed by atoms with Crippen LogP contribution in [0.4, 0.5) is 0 Å². The molecule has 0 saturated heterocycles. The number of hydrogen-bond donors (Lipinski definition) is 1. The van der Waals surface area contributed by atoms with Gasteiger partial charge in [-0.1, -0.05) is 0 Å². The summed E-state index contributed by atoms with van der Waals surface area (Å²) in [6.07, 6.45) is 3.14. The van der Waals surface area contributed by atoms with Crippen LogP contribution in [0.5, 0.6) is 5.75 Å². The molecule has 1 heterocycles. The first-order valence-corrected chi connectivity index (χ1v) is 3.85. The molecule has 0 aromatic carbocycles. The zero-order chi connectivity index (χ0) is 9.19. The maximum absolute atomic E-state index is 11.2. The third-order valence-electron chi connectivity index (χ3n) is 1.20. The molecule has 1 N–H and O–H groups in total. The molecule has 0 bridgehead atoms. The summed E-state index contributed by atoms with van der Waals surface area (Å²) >= 11 is 0. The second-order valence-electron chi connectivity index (χ2n) is 3.59. The molecule has 0 fully saturated rings. The van der Waals surface area contributed by atoms with Gasteiger partial charge in [-0.15, -0.1) is 0 Å². The Kier molecular flexibility index (Phi) is 2.22. The fourth-order valence-electron chi connectivity index (χ4n) is 0.810. The van der Waals surface area contributed by atoms with Crippen molar-refractivity contribution in [2.75, 3.05) is 0 Å². The van der Waals surface area contributed by atoms with E-state index in [2.05, 4.69) is 4.98 Å². The van der Waals surface area contributed by atoms with Crippen LogP contribution in [0.1, 0.15) is 20.8 Å². The number of pyridine rings is 1. The van der Waals surface area contributed by atoms with Crippen LogP contribution in [-0.4, -0.2) is 10.6 Å². The third kappa shape index (κ3) is 2.42. The Morgan fingerprint density at radius 3 is 2.58 bits per heavy atom. The minimum absolute atomic E-state index is 0.0938. The van der Waals surface area contributed by atoms with Crippen molar-refractivity contribution in [2.45, 2.75) is 26.4 Å². The highest BCUT2D eigenvalue weighted by Gasteiger charge is 2.12. The van der Waals surface area contributed by atoms with E-state index in [1.165, 1.54) is 6.07 Å². The van der Waals surface area contributed by atoms with Crippen LogP contribution >= 0.6 is 0 Å². The molecule has 0 atom stereocenters. The van der Waals surface area contributed by atoms with Gasteiger partial charge in [0.25, 0.3) is 0 Å². The predicted molar refractivity (Wildman–Crippen MR) is 47.4 cm³/mol. The van der Waals surface area contributed by atoms with Crippen LogP contribution in [0.25, 0.3) is 0 Å². The Morgan fingerprint density at radius 2 is 2.08 bits per heavy atom. The highest BCUT2D eigenvalue weighted by molar-refractivity contribution is 5.16. The number of aromatic nitrogens is 1. The molecule has 0 saturated carbocycles. The molecule has 0 aliphatic rings. The lowest BCUT2D eigenvalue weighted by Crippen LogP contribution is -2.25. The number of H-pyrrole nitrogens is 1. The minimum Gasteiger partial charge on any atom is -0.483 e. The smallest absolute Gasteiger partial charge is 0.223 e. The molecule has 3 nitrogen and oxygen atoms in total. The zero-order valence-electron chi connectivity index (χ0n) is 7.55. The summed E-state index contributed by atoms with van der Waals surface area (Å²) in [5.41, 5.74) is -0.419. The molecule has 0 spiro atoms. The van der Waals surface area contributed by atoms with Crippen molar-refractivity contribution in [1.29, 1.82) is 0 Å². The first-order chi connectivity index (χ1) is 5.49. The van der Waals surface area contributed by atoms with E-state index in [-0.39, 0.29) is 11.0 Å². The number of ether oxygens (including phenoxy) is 1. The average molecular weight is 167 g/mol. The van der Waals surface area contributed by atoms with Crippen LogP contribution in [0.2, 0.25) is 0 Å². The topological polar surface area (TPSA) is 42.1 Å². The highest BCUT2D eigenvalue weighted by Crippen LogP contribution is 2.11. The maximum atomic E-state index is 11.2. The fraction of sp³-hybridized carbons (Fsp3) is 0.444. The van der Waals surface area contributed by atoms with Gasteiger partial charge in [0.1, 0.15) is 5.60 Å². The van der Waals surface area contributed by atoms with E-state index in [4.69, 9.17) is 4.74 Å². The van der Waals surface area contributed by atoms with Crippen LogP contribution in [-0.2, 0) is 0 Å². The minimum atomic E-state index is -0.325. The Balaban J connectivity index is 2.91. The van der Waals surface area contributed by atoms with Gasteiger partial charge in [0.05, 0.1) is 0 Å². The monoisotopic (exact) mass is 167 g/mol. The van der Waals surface area contributed by atoms with Crippen LogP contribution in [0, 0.1) is 0 Å². The normalized spacial score (nSPS) is 11.2. The molecule has 0 aliphatic carbocycles. The van der Waals surface area contributed by atoms with Crippen molar-refractivity contribution < 1.29 is 4.74 Å². The molecule has 66 valence electrons. The molecule has 3 heteroatoms. The standard InChI is InChI=1S/C9H13NO2/c1-9(2,3)12-8-6-10-5-4-7(8)11/h4-6H,1-3H3,(H,10,11). The SMILES string of the molecule is CC(C)(C)Oc1c[nH]ccc1=O. The van der Waals surface area contributed by atoms with Gasteiger partial charge < -0.3 is 9.72 Å². The molecule has 12 heavy (non-hydrogen) atoms. The lowest BCUT2D eigenvalue weighted by molar-refractivity contribution is 0.129. The number of hydrogen-bond acceptors (Lipinski definition) is 2. The highest BCUT2D eigenvalue weighted by atomic mass is 16.5. The molecule has 0 aliphatic heterocycles. The Morgan fingerprint density at radius 1 is 1.42 bits per heavy atom.